The number of nitro groups is 1. The number of aromatic hydroxyl groups is 1. The first-order chi connectivity index (χ1) is 20.0. The zero-order chi connectivity index (χ0) is 27.5. The van der Waals surface area contributed by atoms with Crippen LogP contribution in [-0.4, -0.2) is 39.7 Å². The first-order valence-electron chi connectivity index (χ1n) is 14.6. The predicted molar refractivity (Wildman–Crippen MR) is 157 cm³/mol. The number of furan rings is 1. The number of nitrogens with zero attached hydrogens (tertiary/aromatic N) is 2. The molecule has 2 fully saturated rings. The van der Waals surface area contributed by atoms with Gasteiger partial charge in [0.1, 0.15) is 16.9 Å². The van der Waals surface area contributed by atoms with E-state index in [9.17, 15) is 15.2 Å². The van der Waals surface area contributed by atoms with Gasteiger partial charge in [-0.1, -0.05) is 36.4 Å². The highest BCUT2D eigenvalue weighted by atomic mass is 35.5. The third kappa shape index (κ3) is 3.31. The summed E-state index contributed by atoms with van der Waals surface area (Å²) in [6.45, 7) is 2.22. The van der Waals surface area contributed by atoms with E-state index < -0.39 is 17.1 Å². The van der Waals surface area contributed by atoms with Crippen molar-refractivity contribution in [1.29, 1.82) is 0 Å². The SMILES string of the molecule is Cl.O=[N+]([O-])c1cccc(CO[C@@]23Cc4c(oc5ccccc45)[C@@H]4Oc5c(O)ccc6c5[C@@]42CCN(CC2CC2)[C@H]3C6)c1. The molecule has 3 heterocycles. The number of halogens is 1. The van der Waals surface area contributed by atoms with Gasteiger partial charge in [-0.2, -0.15) is 0 Å². The zero-order valence-electron chi connectivity index (χ0n) is 23.0. The van der Waals surface area contributed by atoms with Gasteiger partial charge in [0.05, 0.1) is 16.9 Å². The van der Waals surface area contributed by atoms with E-state index in [0.29, 0.717) is 12.2 Å². The largest absolute Gasteiger partial charge is 0.504 e. The fraction of sp³-hybridized carbons (Fsp3) is 0.394. The van der Waals surface area contributed by atoms with Gasteiger partial charge in [0.2, 0.25) is 0 Å². The van der Waals surface area contributed by atoms with E-state index >= 15 is 0 Å². The molecule has 1 saturated heterocycles. The minimum absolute atomic E-state index is 0. The van der Waals surface area contributed by atoms with Crippen LogP contribution < -0.4 is 4.74 Å². The van der Waals surface area contributed by atoms with Gasteiger partial charge in [0, 0.05) is 47.7 Å². The van der Waals surface area contributed by atoms with Crippen molar-refractivity contribution >= 4 is 29.1 Å². The fourth-order valence-electron chi connectivity index (χ4n) is 8.64. The van der Waals surface area contributed by atoms with Crippen molar-refractivity contribution in [3.63, 3.8) is 0 Å². The minimum atomic E-state index is -0.679. The number of rotatable bonds is 6. The molecule has 3 aromatic carbocycles. The highest BCUT2D eigenvalue weighted by Crippen LogP contribution is 2.70. The second-order valence-corrected chi connectivity index (χ2v) is 12.5. The summed E-state index contributed by atoms with van der Waals surface area (Å²) in [6.07, 6.45) is 4.37. The number of benzene rings is 3. The molecule has 3 aliphatic carbocycles. The van der Waals surface area contributed by atoms with Crippen LogP contribution >= 0.6 is 12.4 Å². The van der Waals surface area contributed by atoms with Crippen molar-refractivity contribution in [1.82, 2.24) is 4.90 Å². The molecule has 1 saturated carbocycles. The number of likely N-dealkylation sites (tertiary alicyclic amines) is 1. The molecular formula is C33H31ClN2O6. The standard InChI is InChI=1S/C33H30N2O6.ClH/c36-25-11-10-21-15-27-33(39-18-20-4-3-5-22(14-20)35(37)38)16-24-23-6-1-2-7-26(23)40-29(24)31-32(33,28(21)30(25)41-31)12-13-34(27)17-19-8-9-19;/h1-7,10-11,14,19,27,31,36H,8-9,12-13,15-18H2;1H/t27-,31-,32-,33+;/m0./s1. The first kappa shape index (κ1) is 26.1. The van der Waals surface area contributed by atoms with Gasteiger partial charge in [-0.05, 0) is 61.4 Å². The van der Waals surface area contributed by atoms with Crippen LogP contribution in [0.15, 0.2) is 65.1 Å². The number of hydrogen-bond donors (Lipinski definition) is 1. The van der Waals surface area contributed by atoms with Crippen molar-refractivity contribution in [2.24, 2.45) is 5.92 Å². The Morgan fingerprint density at radius 1 is 1.12 bits per heavy atom. The quantitative estimate of drug-likeness (QED) is 0.206. The second-order valence-electron chi connectivity index (χ2n) is 12.5. The lowest BCUT2D eigenvalue weighted by Gasteiger charge is -2.64. The highest BCUT2D eigenvalue weighted by molar-refractivity contribution is 5.85. The minimum Gasteiger partial charge on any atom is -0.504 e. The number of nitro benzene ring substituents is 1. The molecule has 2 aliphatic heterocycles. The summed E-state index contributed by atoms with van der Waals surface area (Å²) in [6, 6.07) is 18.8. The molecule has 42 heavy (non-hydrogen) atoms. The summed E-state index contributed by atoms with van der Waals surface area (Å²) in [7, 11) is 0. The molecule has 9 heteroatoms. The zero-order valence-corrected chi connectivity index (χ0v) is 23.8. The molecule has 0 unspecified atom stereocenters. The lowest BCUT2D eigenvalue weighted by molar-refractivity contribution is -0.385. The van der Waals surface area contributed by atoms with E-state index in [1.165, 1.54) is 24.5 Å². The molecule has 1 spiro atoms. The van der Waals surface area contributed by atoms with E-state index in [2.05, 4.69) is 17.0 Å². The van der Waals surface area contributed by atoms with Gasteiger partial charge in [-0.25, -0.2) is 0 Å². The third-order valence-corrected chi connectivity index (χ3v) is 10.5. The molecule has 5 aliphatic rings. The average Bonchev–Trinajstić information content (AvgIpc) is 3.62. The normalized spacial score (nSPS) is 28.5. The molecule has 8 nitrogen and oxygen atoms in total. The van der Waals surface area contributed by atoms with Crippen LogP contribution in [-0.2, 0) is 29.6 Å². The Hall–Kier alpha value is -3.59. The lowest BCUT2D eigenvalue weighted by atomic mass is 9.49. The Balaban J connectivity index is 0.00000267. The number of hydrogen-bond acceptors (Lipinski definition) is 7. The van der Waals surface area contributed by atoms with Gasteiger partial charge in [0.25, 0.3) is 5.69 Å². The van der Waals surface area contributed by atoms with Crippen molar-refractivity contribution in [3.8, 4) is 11.5 Å². The van der Waals surface area contributed by atoms with Crippen LogP contribution in [0.4, 0.5) is 5.69 Å². The molecule has 0 radical (unpaired) electrons. The van der Waals surface area contributed by atoms with Crippen LogP contribution in [0.2, 0.25) is 0 Å². The molecule has 1 N–H and O–H groups in total. The molecule has 9 rings (SSSR count). The maximum absolute atomic E-state index is 11.6. The highest BCUT2D eigenvalue weighted by Gasteiger charge is 2.74. The number of ether oxygens (including phenoxy) is 2. The molecule has 4 aromatic rings. The number of phenolic OH excluding ortho intramolecular Hbond substituents is 1. The van der Waals surface area contributed by atoms with Crippen LogP contribution in [0.5, 0.6) is 11.5 Å². The van der Waals surface area contributed by atoms with E-state index in [-0.39, 0.29) is 41.4 Å². The predicted octanol–water partition coefficient (Wildman–Crippen LogP) is 6.39. The average molecular weight is 587 g/mol. The number of phenols is 1. The first-order valence-corrected chi connectivity index (χ1v) is 14.6. The topological polar surface area (TPSA) is 98.2 Å². The number of non-ortho nitro benzene ring substituents is 1. The van der Waals surface area contributed by atoms with Gasteiger partial charge in [-0.3, -0.25) is 15.0 Å². The third-order valence-electron chi connectivity index (χ3n) is 10.5. The van der Waals surface area contributed by atoms with Crippen LogP contribution in [0.25, 0.3) is 11.0 Å². The van der Waals surface area contributed by atoms with E-state index in [0.717, 1.165) is 65.3 Å². The van der Waals surface area contributed by atoms with Crippen molar-refractivity contribution in [2.75, 3.05) is 13.1 Å². The Morgan fingerprint density at radius 3 is 2.81 bits per heavy atom. The molecule has 1 aromatic heterocycles. The summed E-state index contributed by atoms with van der Waals surface area (Å²) < 4.78 is 20.7. The number of piperidine rings is 1. The monoisotopic (exact) mass is 586 g/mol. The second kappa shape index (κ2) is 8.96. The molecule has 2 bridgehead atoms. The Labute approximate surface area is 248 Å². The van der Waals surface area contributed by atoms with Gasteiger partial charge in [-0.15, -0.1) is 12.4 Å². The van der Waals surface area contributed by atoms with Gasteiger partial charge in [0.15, 0.2) is 17.6 Å². The number of para-hydroxylation sites is 1. The Bertz CT molecular complexity index is 1770. The molecule has 4 atom stereocenters. The molecule has 0 amide bonds. The molecule has 216 valence electrons. The molecular weight excluding hydrogens is 556 g/mol. The Kier molecular flexibility index (Phi) is 5.56. The van der Waals surface area contributed by atoms with Crippen molar-refractivity contribution < 1.29 is 23.9 Å². The fourth-order valence-corrected chi connectivity index (χ4v) is 8.64. The van der Waals surface area contributed by atoms with Crippen LogP contribution in [0.3, 0.4) is 0 Å². The lowest BCUT2D eigenvalue weighted by Crippen LogP contribution is -2.75. The summed E-state index contributed by atoms with van der Waals surface area (Å²) in [4.78, 5) is 13.8. The van der Waals surface area contributed by atoms with E-state index in [1.54, 1.807) is 18.2 Å². The Morgan fingerprint density at radius 2 is 1.98 bits per heavy atom. The maximum atomic E-state index is 11.6. The van der Waals surface area contributed by atoms with Gasteiger partial charge < -0.3 is 19.0 Å². The summed E-state index contributed by atoms with van der Waals surface area (Å²) in [5, 5.41) is 23.7. The maximum Gasteiger partial charge on any atom is 0.269 e. The smallest absolute Gasteiger partial charge is 0.269 e. The van der Waals surface area contributed by atoms with E-state index in [4.69, 9.17) is 13.9 Å². The van der Waals surface area contributed by atoms with E-state index in [1.807, 2.05) is 24.3 Å². The number of fused-ring (bicyclic) bond motifs is 4. The van der Waals surface area contributed by atoms with Crippen LogP contribution in [0, 0.1) is 16.0 Å². The summed E-state index contributed by atoms with van der Waals surface area (Å²) in [5.41, 5.74) is 3.81. The van der Waals surface area contributed by atoms with Crippen LogP contribution in [0.1, 0.15) is 53.4 Å². The van der Waals surface area contributed by atoms with Crippen molar-refractivity contribution in [2.45, 2.75) is 61.9 Å². The summed E-state index contributed by atoms with van der Waals surface area (Å²) >= 11 is 0. The summed E-state index contributed by atoms with van der Waals surface area (Å²) in [5.74, 6) is 2.26. The van der Waals surface area contributed by atoms with Gasteiger partial charge >= 0.3 is 0 Å². The van der Waals surface area contributed by atoms with Crippen molar-refractivity contribution in [3.05, 3.63) is 98.8 Å².